The van der Waals surface area contributed by atoms with Crippen molar-refractivity contribution in [3.05, 3.63) is 70.8 Å². The summed E-state index contributed by atoms with van der Waals surface area (Å²) >= 11 is 6.06. The molecule has 4 heteroatoms. The predicted octanol–water partition coefficient (Wildman–Crippen LogP) is 4.22. The molecule has 1 amide bonds. The molecular formula is C20H21ClN2O. The van der Waals surface area contributed by atoms with E-state index in [0.717, 1.165) is 29.7 Å². The van der Waals surface area contributed by atoms with E-state index in [1.165, 1.54) is 0 Å². The predicted molar refractivity (Wildman–Crippen MR) is 100 cm³/mol. The molecule has 1 N–H and O–H groups in total. The van der Waals surface area contributed by atoms with Crippen molar-refractivity contribution in [1.29, 1.82) is 0 Å². The molecule has 0 atom stereocenters. The molecule has 1 aliphatic carbocycles. The Morgan fingerprint density at radius 3 is 2.46 bits per heavy atom. The van der Waals surface area contributed by atoms with Crippen LogP contribution >= 0.6 is 11.6 Å². The molecule has 0 radical (unpaired) electrons. The number of halogens is 1. The van der Waals surface area contributed by atoms with Crippen molar-refractivity contribution in [2.75, 3.05) is 19.0 Å². The second-order valence-electron chi connectivity index (χ2n) is 6.40. The fourth-order valence-electron chi connectivity index (χ4n) is 2.73. The number of nitrogens with one attached hydrogen (secondary N) is 1. The average Bonchev–Trinajstić information content (AvgIpc) is 3.34. The fraction of sp³-hybridized carbons (Fsp3) is 0.250. The highest BCUT2D eigenvalue weighted by atomic mass is 35.5. The lowest BCUT2D eigenvalue weighted by atomic mass is 10.0. The molecule has 1 saturated carbocycles. The van der Waals surface area contributed by atoms with Crippen LogP contribution in [-0.4, -0.2) is 20.0 Å². The highest BCUT2D eigenvalue weighted by molar-refractivity contribution is 6.30. The van der Waals surface area contributed by atoms with Gasteiger partial charge in [-0.25, -0.2) is 0 Å². The summed E-state index contributed by atoms with van der Waals surface area (Å²) in [4.78, 5) is 14.3. The van der Waals surface area contributed by atoms with Crippen molar-refractivity contribution < 1.29 is 4.79 Å². The standard InChI is InChI=1S/C20H21ClN2O/c1-23(2)18-9-6-15(7-10-18)8-11-19(24)22-20(12-13-20)16-4-3-5-17(21)14-16/h3-11,14H,12-13H2,1-2H3,(H,22,24)/b11-8+. The molecule has 24 heavy (non-hydrogen) atoms. The SMILES string of the molecule is CN(C)c1ccc(/C=C/C(=O)NC2(c3cccc(Cl)c3)CC2)cc1. The fourth-order valence-corrected chi connectivity index (χ4v) is 2.92. The van der Waals surface area contributed by atoms with E-state index in [4.69, 9.17) is 11.6 Å². The van der Waals surface area contributed by atoms with Crippen molar-refractivity contribution in [2.45, 2.75) is 18.4 Å². The molecule has 0 bridgehead atoms. The Bertz CT molecular complexity index is 761. The summed E-state index contributed by atoms with van der Waals surface area (Å²) in [6, 6.07) is 15.8. The van der Waals surface area contributed by atoms with Crippen molar-refractivity contribution >= 4 is 29.3 Å². The molecule has 0 aliphatic heterocycles. The summed E-state index contributed by atoms with van der Waals surface area (Å²) < 4.78 is 0. The largest absolute Gasteiger partial charge is 0.378 e. The zero-order chi connectivity index (χ0) is 17.2. The van der Waals surface area contributed by atoms with Gasteiger partial charge in [0.15, 0.2) is 0 Å². The van der Waals surface area contributed by atoms with Crippen molar-refractivity contribution in [2.24, 2.45) is 0 Å². The van der Waals surface area contributed by atoms with Gasteiger partial charge in [-0.05, 0) is 54.3 Å². The molecule has 1 aliphatic rings. The molecule has 0 aromatic heterocycles. The summed E-state index contributed by atoms with van der Waals surface area (Å²) in [5.74, 6) is -0.0795. The van der Waals surface area contributed by atoms with Gasteiger partial charge >= 0.3 is 0 Å². The number of hydrogen-bond acceptors (Lipinski definition) is 2. The van der Waals surface area contributed by atoms with Gasteiger partial charge in [0, 0.05) is 30.9 Å². The van der Waals surface area contributed by atoms with Crippen LogP contribution in [0.1, 0.15) is 24.0 Å². The number of amides is 1. The quantitative estimate of drug-likeness (QED) is 0.826. The number of carbonyl (C=O) groups is 1. The van der Waals surface area contributed by atoms with Crippen LogP contribution in [0.5, 0.6) is 0 Å². The van der Waals surface area contributed by atoms with Crippen LogP contribution in [0.25, 0.3) is 6.08 Å². The third-order valence-corrected chi connectivity index (χ3v) is 4.56. The van der Waals surface area contributed by atoms with Gasteiger partial charge in [0.25, 0.3) is 0 Å². The van der Waals surface area contributed by atoms with E-state index in [1.807, 2.05) is 73.6 Å². The number of benzene rings is 2. The topological polar surface area (TPSA) is 32.3 Å². The van der Waals surface area contributed by atoms with Gasteiger partial charge in [-0.3, -0.25) is 4.79 Å². The highest BCUT2D eigenvalue weighted by Crippen LogP contribution is 2.45. The van der Waals surface area contributed by atoms with E-state index >= 15 is 0 Å². The molecule has 0 heterocycles. The Kier molecular flexibility index (Phi) is 4.63. The highest BCUT2D eigenvalue weighted by Gasteiger charge is 2.45. The van der Waals surface area contributed by atoms with Crippen LogP contribution < -0.4 is 10.2 Å². The molecule has 0 saturated heterocycles. The van der Waals surface area contributed by atoms with E-state index in [1.54, 1.807) is 6.08 Å². The number of carbonyl (C=O) groups excluding carboxylic acids is 1. The number of rotatable bonds is 5. The van der Waals surface area contributed by atoms with Gasteiger partial charge in [-0.15, -0.1) is 0 Å². The zero-order valence-corrected chi connectivity index (χ0v) is 14.7. The van der Waals surface area contributed by atoms with Gasteiger partial charge in [-0.1, -0.05) is 35.9 Å². The maximum absolute atomic E-state index is 12.3. The second-order valence-corrected chi connectivity index (χ2v) is 6.84. The molecule has 0 unspecified atom stereocenters. The monoisotopic (exact) mass is 340 g/mol. The minimum absolute atomic E-state index is 0.0795. The molecule has 0 spiro atoms. The van der Waals surface area contributed by atoms with Crippen LogP contribution in [0.3, 0.4) is 0 Å². The Labute approximate surface area is 147 Å². The summed E-state index contributed by atoms with van der Waals surface area (Å²) in [6.45, 7) is 0. The van der Waals surface area contributed by atoms with E-state index in [0.29, 0.717) is 5.02 Å². The summed E-state index contributed by atoms with van der Waals surface area (Å²) in [5, 5.41) is 3.82. The Morgan fingerprint density at radius 1 is 1.17 bits per heavy atom. The minimum atomic E-state index is -0.249. The molecule has 2 aromatic carbocycles. The first-order chi connectivity index (χ1) is 11.5. The Hall–Kier alpha value is -2.26. The zero-order valence-electron chi connectivity index (χ0n) is 13.9. The summed E-state index contributed by atoms with van der Waals surface area (Å²) in [5.41, 5.74) is 2.96. The van der Waals surface area contributed by atoms with Crippen LogP contribution in [0.15, 0.2) is 54.6 Å². The van der Waals surface area contributed by atoms with Crippen molar-refractivity contribution in [3.8, 4) is 0 Å². The molecular weight excluding hydrogens is 320 g/mol. The third-order valence-electron chi connectivity index (χ3n) is 4.33. The lowest BCUT2D eigenvalue weighted by molar-refractivity contribution is -0.117. The molecule has 3 rings (SSSR count). The number of anilines is 1. The van der Waals surface area contributed by atoms with Crippen molar-refractivity contribution in [3.63, 3.8) is 0 Å². The second kappa shape index (κ2) is 6.70. The maximum Gasteiger partial charge on any atom is 0.244 e. The van der Waals surface area contributed by atoms with Gasteiger partial charge in [0.2, 0.25) is 5.91 Å². The Morgan fingerprint density at radius 2 is 1.88 bits per heavy atom. The molecule has 2 aromatic rings. The first-order valence-corrected chi connectivity index (χ1v) is 8.40. The van der Waals surface area contributed by atoms with E-state index in [9.17, 15) is 4.79 Å². The first-order valence-electron chi connectivity index (χ1n) is 8.02. The van der Waals surface area contributed by atoms with Crippen LogP contribution in [0.4, 0.5) is 5.69 Å². The van der Waals surface area contributed by atoms with Gasteiger partial charge < -0.3 is 10.2 Å². The van der Waals surface area contributed by atoms with E-state index in [-0.39, 0.29) is 11.4 Å². The number of hydrogen-bond donors (Lipinski definition) is 1. The van der Waals surface area contributed by atoms with Gasteiger partial charge in [-0.2, -0.15) is 0 Å². The van der Waals surface area contributed by atoms with Crippen LogP contribution in [0.2, 0.25) is 5.02 Å². The van der Waals surface area contributed by atoms with E-state index < -0.39 is 0 Å². The molecule has 1 fully saturated rings. The van der Waals surface area contributed by atoms with Gasteiger partial charge in [0.05, 0.1) is 5.54 Å². The molecule has 3 nitrogen and oxygen atoms in total. The lowest BCUT2D eigenvalue weighted by Gasteiger charge is -2.17. The van der Waals surface area contributed by atoms with E-state index in [2.05, 4.69) is 5.32 Å². The third kappa shape index (κ3) is 3.80. The lowest BCUT2D eigenvalue weighted by Crippen LogP contribution is -2.33. The summed E-state index contributed by atoms with van der Waals surface area (Å²) in [7, 11) is 4.01. The Balaban J connectivity index is 1.65. The molecule has 124 valence electrons. The maximum atomic E-state index is 12.3. The van der Waals surface area contributed by atoms with Crippen LogP contribution in [-0.2, 0) is 10.3 Å². The number of nitrogens with zero attached hydrogens (tertiary/aromatic N) is 1. The normalized spacial score (nSPS) is 15.3. The van der Waals surface area contributed by atoms with Crippen LogP contribution in [0, 0.1) is 0 Å². The van der Waals surface area contributed by atoms with Gasteiger partial charge in [0.1, 0.15) is 0 Å². The first kappa shape index (κ1) is 16.6. The smallest absolute Gasteiger partial charge is 0.244 e. The summed E-state index contributed by atoms with van der Waals surface area (Å²) in [6.07, 6.45) is 5.33. The average molecular weight is 341 g/mol. The minimum Gasteiger partial charge on any atom is -0.378 e. The van der Waals surface area contributed by atoms with Crippen molar-refractivity contribution in [1.82, 2.24) is 5.32 Å².